The van der Waals surface area contributed by atoms with Gasteiger partial charge in [0.25, 0.3) is 11.8 Å². The number of rotatable bonds is 13. The van der Waals surface area contributed by atoms with Gasteiger partial charge in [-0.25, -0.2) is 4.79 Å². The normalized spacial score (nSPS) is 13.6. The van der Waals surface area contributed by atoms with Gasteiger partial charge in [0.1, 0.15) is 0 Å². The summed E-state index contributed by atoms with van der Waals surface area (Å²) in [6, 6.07) is -0.135. The molecular formula is C26H48N4O6. The zero-order valence-electron chi connectivity index (χ0n) is 23.5. The van der Waals surface area contributed by atoms with Gasteiger partial charge in [-0.1, -0.05) is 34.6 Å². The van der Waals surface area contributed by atoms with Crippen molar-refractivity contribution in [2.24, 2.45) is 11.3 Å². The maximum atomic E-state index is 11.8. The summed E-state index contributed by atoms with van der Waals surface area (Å²) in [5, 5.41) is 13.9. The number of ether oxygens (including phenoxy) is 1. The fourth-order valence-corrected chi connectivity index (χ4v) is 3.18. The Balaban J connectivity index is 0.000000802. The van der Waals surface area contributed by atoms with E-state index in [-0.39, 0.29) is 54.3 Å². The third-order valence-corrected chi connectivity index (χ3v) is 5.15. The molecule has 10 nitrogen and oxygen atoms in total. The van der Waals surface area contributed by atoms with E-state index in [0.717, 1.165) is 11.3 Å². The van der Waals surface area contributed by atoms with Crippen LogP contribution in [0.1, 0.15) is 67.7 Å². The van der Waals surface area contributed by atoms with Gasteiger partial charge >= 0.3 is 6.03 Å². The Morgan fingerprint density at radius 2 is 1.64 bits per heavy atom. The van der Waals surface area contributed by atoms with Crippen molar-refractivity contribution in [2.45, 2.75) is 73.3 Å². The third kappa shape index (κ3) is 16.3. The Kier molecular flexibility index (Phi) is 15.2. The number of hydrogen-bond donors (Lipinski definition) is 3. The van der Waals surface area contributed by atoms with Gasteiger partial charge in [-0.05, 0) is 38.0 Å². The van der Waals surface area contributed by atoms with Gasteiger partial charge in [-0.15, -0.1) is 0 Å². The first-order valence-corrected chi connectivity index (χ1v) is 12.6. The minimum absolute atomic E-state index is 0.0188. The summed E-state index contributed by atoms with van der Waals surface area (Å²) in [6.07, 6.45) is 4.28. The SMILES string of the molecule is CC(C)CCOC(C)(C)CCNC(=O)CCN1C(=O)C=CC1=O.CN(CC(C)(C)C)C(=O)NCCO. The molecular weight excluding hydrogens is 464 g/mol. The number of amides is 5. The van der Waals surface area contributed by atoms with Gasteiger partial charge in [0.2, 0.25) is 5.91 Å². The number of nitrogens with one attached hydrogen (secondary N) is 2. The summed E-state index contributed by atoms with van der Waals surface area (Å²) in [6.45, 7) is 16.9. The van der Waals surface area contributed by atoms with Crippen LogP contribution < -0.4 is 10.6 Å². The summed E-state index contributed by atoms with van der Waals surface area (Å²) in [7, 11) is 1.75. The molecule has 1 aliphatic heterocycles. The number of hydrogen-bond acceptors (Lipinski definition) is 6. The van der Waals surface area contributed by atoms with Crippen LogP contribution in [-0.2, 0) is 19.1 Å². The predicted molar refractivity (Wildman–Crippen MR) is 140 cm³/mol. The lowest BCUT2D eigenvalue weighted by atomic mass is 9.96. The summed E-state index contributed by atoms with van der Waals surface area (Å²) in [4.78, 5) is 48.5. The highest BCUT2D eigenvalue weighted by molar-refractivity contribution is 6.13. The summed E-state index contributed by atoms with van der Waals surface area (Å²) < 4.78 is 5.83. The van der Waals surface area contributed by atoms with Crippen LogP contribution in [0.15, 0.2) is 12.2 Å². The molecule has 3 N–H and O–H groups in total. The molecule has 0 aromatic heterocycles. The molecule has 1 heterocycles. The first-order chi connectivity index (χ1) is 16.6. The van der Waals surface area contributed by atoms with Crippen LogP contribution in [0.4, 0.5) is 4.79 Å². The number of aliphatic hydroxyl groups is 1. The van der Waals surface area contributed by atoms with Crippen LogP contribution in [0.3, 0.4) is 0 Å². The second-order valence-electron chi connectivity index (χ2n) is 11.2. The van der Waals surface area contributed by atoms with Crippen LogP contribution >= 0.6 is 0 Å². The molecule has 0 aromatic carbocycles. The van der Waals surface area contributed by atoms with E-state index < -0.39 is 0 Å². The molecule has 0 radical (unpaired) electrons. The maximum absolute atomic E-state index is 11.8. The third-order valence-electron chi connectivity index (χ3n) is 5.15. The highest BCUT2D eigenvalue weighted by Gasteiger charge is 2.24. The average molecular weight is 513 g/mol. The Bertz CT molecular complexity index is 725. The lowest BCUT2D eigenvalue weighted by molar-refractivity contribution is -0.137. The summed E-state index contributed by atoms with van der Waals surface area (Å²) >= 11 is 0. The van der Waals surface area contributed by atoms with Crippen LogP contribution in [0.25, 0.3) is 0 Å². The van der Waals surface area contributed by atoms with Gasteiger partial charge in [0, 0.05) is 58.4 Å². The number of imide groups is 1. The van der Waals surface area contributed by atoms with Gasteiger partial charge in [-0.2, -0.15) is 0 Å². The van der Waals surface area contributed by atoms with E-state index in [9.17, 15) is 19.2 Å². The summed E-state index contributed by atoms with van der Waals surface area (Å²) in [5.74, 6) is -0.281. The number of nitrogens with zero attached hydrogens (tertiary/aromatic N) is 2. The molecule has 0 spiro atoms. The van der Waals surface area contributed by atoms with E-state index in [1.54, 1.807) is 11.9 Å². The molecule has 208 valence electrons. The van der Waals surface area contributed by atoms with Gasteiger partial charge in [0.15, 0.2) is 0 Å². The average Bonchev–Trinajstić information content (AvgIpc) is 3.06. The Morgan fingerprint density at radius 3 is 2.14 bits per heavy atom. The number of carbonyl (C=O) groups excluding carboxylic acids is 4. The Hall–Kier alpha value is -2.46. The number of aliphatic hydroxyl groups excluding tert-OH is 1. The highest BCUT2D eigenvalue weighted by atomic mass is 16.5. The van der Waals surface area contributed by atoms with E-state index in [0.29, 0.717) is 38.6 Å². The fourth-order valence-electron chi connectivity index (χ4n) is 3.18. The van der Waals surface area contributed by atoms with Crippen LogP contribution in [0, 0.1) is 11.3 Å². The lowest BCUT2D eigenvalue weighted by Crippen LogP contribution is -2.42. The first-order valence-electron chi connectivity index (χ1n) is 12.6. The van der Waals surface area contributed by atoms with Crippen molar-refractivity contribution >= 4 is 23.8 Å². The number of carbonyl (C=O) groups is 4. The second-order valence-corrected chi connectivity index (χ2v) is 11.2. The highest BCUT2D eigenvalue weighted by Crippen LogP contribution is 2.15. The van der Waals surface area contributed by atoms with E-state index >= 15 is 0 Å². The quantitative estimate of drug-likeness (QED) is 0.325. The molecule has 0 unspecified atom stereocenters. The molecule has 0 saturated heterocycles. The minimum Gasteiger partial charge on any atom is -0.395 e. The Labute approximate surface area is 216 Å². The van der Waals surface area contributed by atoms with Crippen LogP contribution in [0.5, 0.6) is 0 Å². The lowest BCUT2D eigenvalue weighted by Gasteiger charge is -2.26. The zero-order chi connectivity index (χ0) is 27.9. The van der Waals surface area contributed by atoms with Gasteiger partial charge in [0.05, 0.1) is 12.2 Å². The largest absolute Gasteiger partial charge is 0.395 e. The molecule has 0 bridgehead atoms. The van der Waals surface area contributed by atoms with Crippen molar-refractivity contribution in [2.75, 3.05) is 46.4 Å². The van der Waals surface area contributed by atoms with E-state index in [1.165, 1.54) is 12.2 Å². The monoisotopic (exact) mass is 512 g/mol. The number of urea groups is 1. The van der Waals surface area contributed by atoms with Crippen molar-refractivity contribution in [1.29, 1.82) is 0 Å². The smallest absolute Gasteiger partial charge is 0.317 e. The van der Waals surface area contributed by atoms with E-state index in [2.05, 4.69) is 45.3 Å². The molecule has 1 rings (SSSR count). The summed E-state index contributed by atoms with van der Waals surface area (Å²) in [5.41, 5.74) is -0.182. The molecule has 0 aliphatic carbocycles. The van der Waals surface area contributed by atoms with Crippen molar-refractivity contribution < 1.29 is 29.0 Å². The molecule has 1 aliphatic rings. The zero-order valence-corrected chi connectivity index (χ0v) is 23.5. The molecule has 10 heteroatoms. The van der Waals surface area contributed by atoms with Gasteiger partial charge < -0.3 is 25.4 Å². The molecule has 0 fully saturated rings. The fraction of sp³-hybridized carbons (Fsp3) is 0.769. The topological polar surface area (TPSA) is 128 Å². The predicted octanol–water partition coefficient (Wildman–Crippen LogP) is 2.32. The van der Waals surface area contributed by atoms with Crippen molar-refractivity contribution in [3.63, 3.8) is 0 Å². The molecule has 36 heavy (non-hydrogen) atoms. The molecule has 0 aromatic rings. The van der Waals surface area contributed by atoms with Crippen molar-refractivity contribution in [3.8, 4) is 0 Å². The Morgan fingerprint density at radius 1 is 1.06 bits per heavy atom. The second kappa shape index (κ2) is 16.3. The molecule has 5 amide bonds. The molecule has 0 saturated carbocycles. The van der Waals surface area contributed by atoms with Gasteiger partial charge in [-0.3, -0.25) is 19.3 Å². The van der Waals surface area contributed by atoms with Crippen molar-refractivity contribution in [3.05, 3.63) is 12.2 Å². The van der Waals surface area contributed by atoms with Crippen LogP contribution in [0.2, 0.25) is 0 Å². The molecule has 0 atom stereocenters. The van der Waals surface area contributed by atoms with Crippen LogP contribution in [-0.4, -0.2) is 90.7 Å². The first kappa shape index (κ1) is 33.5. The van der Waals surface area contributed by atoms with E-state index in [4.69, 9.17) is 9.84 Å². The van der Waals surface area contributed by atoms with E-state index in [1.807, 2.05) is 13.8 Å². The maximum Gasteiger partial charge on any atom is 0.317 e. The minimum atomic E-state index is -0.359. The van der Waals surface area contributed by atoms with Crippen molar-refractivity contribution in [1.82, 2.24) is 20.4 Å². The standard InChI is InChI=1S/C17H28N2O4.C9H20N2O2/c1-13(2)8-12-23-17(3,4)9-10-18-14(20)7-11-19-15(21)5-6-16(19)22;1-9(2,3)7-11(4)8(13)10-5-6-12/h5-6,13H,7-12H2,1-4H3,(H,18,20);12H,5-7H2,1-4H3,(H,10,13).